The van der Waals surface area contributed by atoms with Gasteiger partial charge in [-0.2, -0.15) is 0 Å². The Labute approximate surface area is 124 Å². The van der Waals surface area contributed by atoms with Crippen molar-refractivity contribution in [1.29, 1.82) is 0 Å². The van der Waals surface area contributed by atoms with Crippen LogP contribution in [-0.2, 0) is 11.3 Å². The molecule has 20 heavy (non-hydrogen) atoms. The highest BCUT2D eigenvalue weighted by Crippen LogP contribution is 2.29. The van der Waals surface area contributed by atoms with Crippen LogP contribution in [-0.4, -0.2) is 29.8 Å². The molecule has 0 radical (unpaired) electrons. The summed E-state index contributed by atoms with van der Waals surface area (Å²) in [5.41, 5.74) is 4.69. The lowest BCUT2D eigenvalue weighted by molar-refractivity contribution is 0.211. The second-order valence-electron chi connectivity index (χ2n) is 4.64. The molecule has 0 bridgehead atoms. The molecular weight excluding hydrogens is 270 g/mol. The first-order valence-electron chi connectivity index (χ1n) is 6.63. The zero-order valence-electron chi connectivity index (χ0n) is 12.3. The van der Waals surface area contributed by atoms with E-state index < -0.39 is 0 Å². The van der Waals surface area contributed by atoms with Gasteiger partial charge in [0.1, 0.15) is 0 Å². The maximum absolute atomic E-state index is 5.02. The SMILES string of the molecule is C=CCn1c(C)cc(-c2csc(NCCOC)n2)c1C. The fourth-order valence-electron chi connectivity index (χ4n) is 2.21. The molecule has 0 spiro atoms. The summed E-state index contributed by atoms with van der Waals surface area (Å²) in [6, 6.07) is 2.19. The van der Waals surface area contributed by atoms with E-state index in [2.05, 4.69) is 46.7 Å². The van der Waals surface area contributed by atoms with Gasteiger partial charge in [-0.05, 0) is 19.9 Å². The van der Waals surface area contributed by atoms with E-state index in [0.29, 0.717) is 6.61 Å². The van der Waals surface area contributed by atoms with E-state index in [-0.39, 0.29) is 0 Å². The zero-order valence-corrected chi connectivity index (χ0v) is 13.1. The topological polar surface area (TPSA) is 39.1 Å². The van der Waals surface area contributed by atoms with E-state index >= 15 is 0 Å². The summed E-state index contributed by atoms with van der Waals surface area (Å²) in [5.74, 6) is 0. The Balaban J connectivity index is 2.19. The van der Waals surface area contributed by atoms with Gasteiger partial charge in [-0.15, -0.1) is 17.9 Å². The average Bonchev–Trinajstić information content (AvgIpc) is 2.99. The predicted molar refractivity (Wildman–Crippen MR) is 85.6 cm³/mol. The van der Waals surface area contributed by atoms with E-state index in [4.69, 9.17) is 4.74 Å². The predicted octanol–water partition coefficient (Wildman–Crippen LogP) is 3.47. The van der Waals surface area contributed by atoms with Gasteiger partial charge in [-0.1, -0.05) is 6.08 Å². The van der Waals surface area contributed by atoms with Gasteiger partial charge in [0.05, 0.1) is 12.3 Å². The lowest BCUT2D eigenvalue weighted by Crippen LogP contribution is -2.07. The number of thiazole rings is 1. The minimum atomic E-state index is 0.683. The highest BCUT2D eigenvalue weighted by Gasteiger charge is 2.12. The van der Waals surface area contributed by atoms with Crippen molar-refractivity contribution in [2.45, 2.75) is 20.4 Å². The summed E-state index contributed by atoms with van der Waals surface area (Å²) in [6.45, 7) is 10.3. The Kier molecular flexibility index (Phi) is 4.98. The Morgan fingerprint density at radius 3 is 3.00 bits per heavy atom. The van der Waals surface area contributed by atoms with Gasteiger partial charge < -0.3 is 14.6 Å². The first-order chi connectivity index (χ1) is 9.67. The summed E-state index contributed by atoms with van der Waals surface area (Å²) in [4.78, 5) is 4.64. The number of nitrogens with zero attached hydrogens (tertiary/aromatic N) is 2. The maximum Gasteiger partial charge on any atom is 0.183 e. The van der Waals surface area contributed by atoms with Gasteiger partial charge in [-0.3, -0.25) is 0 Å². The van der Waals surface area contributed by atoms with Crippen LogP contribution in [0, 0.1) is 13.8 Å². The molecule has 0 aliphatic carbocycles. The first-order valence-corrected chi connectivity index (χ1v) is 7.51. The van der Waals surface area contributed by atoms with Crippen LogP contribution in [0.25, 0.3) is 11.3 Å². The van der Waals surface area contributed by atoms with Crippen molar-refractivity contribution in [3.8, 4) is 11.3 Å². The van der Waals surface area contributed by atoms with Crippen molar-refractivity contribution in [3.63, 3.8) is 0 Å². The molecule has 0 atom stereocenters. The molecule has 108 valence electrons. The zero-order chi connectivity index (χ0) is 14.5. The molecule has 2 rings (SSSR count). The number of methoxy groups -OCH3 is 1. The molecule has 5 heteroatoms. The van der Waals surface area contributed by atoms with E-state index in [9.17, 15) is 0 Å². The molecule has 0 aliphatic heterocycles. The van der Waals surface area contributed by atoms with Crippen LogP contribution in [0.4, 0.5) is 5.13 Å². The van der Waals surface area contributed by atoms with Crippen LogP contribution in [0.3, 0.4) is 0 Å². The van der Waals surface area contributed by atoms with Gasteiger partial charge in [0, 0.05) is 42.5 Å². The average molecular weight is 291 g/mol. The van der Waals surface area contributed by atoms with Gasteiger partial charge in [-0.25, -0.2) is 4.98 Å². The van der Waals surface area contributed by atoms with Crippen LogP contribution in [0.2, 0.25) is 0 Å². The molecule has 2 aromatic heterocycles. The minimum Gasteiger partial charge on any atom is -0.383 e. The van der Waals surface area contributed by atoms with Crippen molar-refractivity contribution in [2.24, 2.45) is 0 Å². The Bertz CT molecular complexity index is 586. The van der Waals surface area contributed by atoms with Crippen molar-refractivity contribution in [1.82, 2.24) is 9.55 Å². The third-order valence-electron chi connectivity index (χ3n) is 3.25. The molecule has 0 saturated heterocycles. The summed E-state index contributed by atoms with van der Waals surface area (Å²) in [5, 5.41) is 6.29. The Morgan fingerprint density at radius 1 is 1.50 bits per heavy atom. The molecule has 0 unspecified atom stereocenters. The molecule has 0 aromatic carbocycles. The molecule has 2 aromatic rings. The Morgan fingerprint density at radius 2 is 2.30 bits per heavy atom. The number of allylic oxidation sites excluding steroid dienone is 1. The highest BCUT2D eigenvalue weighted by atomic mass is 32.1. The van der Waals surface area contributed by atoms with Gasteiger partial charge in [0.25, 0.3) is 0 Å². The van der Waals surface area contributed by atoms with Crippen molar-refractivity contribution < 1.29 is 4.74 Å². The molecule has 4 nitrogen and oxygen atoms in total. The maximum atomic E-state index is 5.02. The minimum absolute atomic E-state index is 0.683. The standard InChI is InChI=1S/C15H21N3OS/c1-5-7-18-11(2)9-13(12(18)3)14-10-20-15(17-14)16-6-8-19-4/h5,9-10H,1,6-8H2,2-4H3,(H,16,17). The lowest BCUT2D eigenvalue weighted by Gasteiger charge is -2.05. The van der Waals surface area contributed by atoms with Gasteiger partial charge >= 0.3 is 0 Å². The molecule has 2 heterocycles. The first kappa shape index (κ1) is 14.8. The van der Waals surface area contributed by atoms with Crippen molar-refractivity contribution in [2.75, 3.05) is 25.6 Å². The third kappa shape index (κ3) is 3.11. The second-order valence-corrected chi connectivity index (χ2v) is 5.50. The lowest BCUT2D eigenvalue weighted by atomic mass is 10.2. The van der Waals surface area contributed by atoms with E-state index in [1.54, 1.807) is 18.4 Å². The summed E-state index contributed by atoms with van der Waals surface area (Å²) >= 11 is 1.62. The molecule has 0 aliphatic rings. The number of hydrogen-bond acceptors (Lipinski definition) is 4. The van der Waals surface area contributed by atoms with E-state index in [1.165, 1.54) is 17.0 Å². The van der Waals surface area contributed by atoms with Crippen LogP contribution >= 0.6 is 11.3 Å². The second kappa shape index (κ2) is 6.72. The number of aryl methyl sites for hydroxylation is 1. The number of hydrogen-bond donors (Lipinski definition) is 1. The Hall–Kier alpha value is -1.59. The fourth-order valence-corrected chi connectivity index (χ4v) is 2.95. The van der Waals surface area contributed by atoms with Gasteiger partial charge in [0.2, 0.25) is 0 Å². The molecule has 0 fully saturated rings. The summed E-state index contributed by atoms with van der Waals surface area (Å²) in [6.07, 6.45) is 1.92. The number of rotatable bonds is 7. The fraction of sp³-hybridized carbons (Fsp3) is 0.400. The largest absolute Gasteiger partial charge is 0.383 e. The van der Waals surface area contributed by atoms with Gasteiger partial charge in [0.15, 0.2) is 5.13 Å². The third-order valence-corrected chi connectivity index (χ3v) is 4.05. The smallest absolute Gasteiger partial charge is 0.183 e. The monoisotopic (exact) mass is 291 g/mol. The van der Waals surface area contributed by atoms with Crippen LogP contribution in [0.1, 0.15) is 11.4 Å². The van der Waals surface area contributed by atoms with Crippen molar-refractivity contribution in [3.05, 3.63) is 35.5 Å². The van der Waals surface area contributed by atoms with Crippen molar-refractivity contribution >= 4 is 16.5 Å². The molecular formula is C15H21N3OS. The number of nitrogens with one attached hydrogen (secondary N) is 1. The molecule has 1 N–H and O–H groups in total. The number of ether oxygens (including phenoxy) is 1. The normalized spacial score (nSPS) is 10.8. The summed E-state index contributed by atoms with van der Waals surface area (Å²) < 4.78 is 7.27. The quantitative estimate of drug-likeness (QED) is 0.627. The highest BCUT2D eigenvalue weighted by molar-refractivity contribution is 7.14. The van der Waals surface area contributed by atoms with Crippen LogP contribution < -0.4 is 5.32 Å². The van der Waals surface area contributed by atoms with Crippen LogP contribution in [0.5, 0.6) is 0 Å². The van der Waals surface area contributed by atoms with E-state index in [1.807, 2.05) is 6.08 Å². The molecule has 0 saturated carbocycles. The number of aromatic nitrogens is 2. The van der Waals surface area contributed by atoms with Crippen LogP contribution in [0.15, 0.2) is 24.1 Å². The molecule has 0 amide bonds. The summed E-state index contributed by atoms with van der Waals surface area (Å²) in [7, 11) is 1.70. The number of anilines is 1. The van der Waals surface area contributed by atoms with E-state index in [0.717, 1.165) is 23.9 Å².